The van der Waals surface area contributed by atoms with Gasteiger partial charge in [-0.2, -0.15) is 0 Å². The fourth-order valence-electron chi connectivity index (χ4n) is 3.40. The molecule has 18 heavy (non-hydrogen) atoms. The minimum absolute atomic E-state index is 0.177. The van der Waals surface area contributed by atoms with Crippen molar-refractivity contribution >= 4 is 0 Å². The largest absolute Gasteiger partial charge is 0.496 e. The van der Waals surface area contributed by atoms with Crippen LogP contribution in [0.1, 0.15) is 24.8 Å². The number of benzene rings is 1. The van der Waals surface area contributed by atoms with Crippen LogP contribution in [0.4, 0.5) is 0 Å². The molecule has 2 saturated heterocycles. The molecular weight excluding hydrogens is 226 g/mol. The molecule has 2 heterocycles. The van der Waals surface area contributed by atoms with E-state index >= 15 is 0 Å². The summed E-state index contributed by atoms with van der Waals surface area (Å²) >= 11 is 0. The molecule has 98 valence electrons. The quantitative estimate of drug-likeness (QED) is 0.886. The lowest BCUT2D eigenvalue weighted by Gasteiger charge is -2.25. The van der Waals surface area contributed by atoms with Gasteiger partial charge in [0.2, 0.25) is 0 Å². The summed E-state index contributed by atoms with van der Waals surface area (Å²) in [6, 6.07) is 8.32. The topological polar surface area (TPSA) is 44.5 Å². The zero-order valence-electron chi connectivity index (χ0n) is 10.8. The van der Waals surface area contributed by atoms with Crippen LogP contribution in [0.25, 0.3) is 0 Å². The van der Waals surface area contributed by atoms with Crippen LogP contribution in [0.5, 0.6) is 5.75 Å². The van der Waals surface area contributed by atoms with Crippen molar-refractivity contribution in [3.63, 3.8) is 0 Å². The molecule has 0 aromatic heterocycles. The van der Waals surface area contributed by atoms with Gasteiger partial charge in [0, 0.05) is 12.0 Å². The van der Waals surface area contributed by atoms with E-state index in [-0.39, 0.29) is 6.04 Å². The minimum atomic E-state index is 0.177. The molecule has 0 amide bonds. The fraction of sp³-hybridized carbons (Fsp3) is 0.600. The predicted octanol–water partition coefficient (Wildman–Crippen LogP) is 2.13. The van der Waals surface area contributed by atoms with Gasteiger partial charge in [-0.25, -0.2) is 0 Å². The Labute approximate surface area is 108 Å². The maximum absolute atomic E-state index is 6.39. The average Bonchev–Trinajstić information content (AvgIpc) is 3.01. The zero-order chi connectivity index (χ0) is 12.5. The lowest BCUT2D eigenvalue weighted by molar-refractivity contribution is 0.0884. The van der Waals surface area contributed by atoms with Gasteiger partial charge in [-0.1, -0.05) is 18.2 Å². The number of ether oxygens (including phenoxy) is 2. The SMILES string of the molecule is COc1ccccc1CC(N)C1CC2CCC1O2. The highest BCUT2D eigenvalue weighted by atomic mass is 16.5. The third kappa shape index (κ3) is 2.13. The highest BCUT2D eigenvalue weighted by molar-refractivity contribution is 5.34. The molecule has 4 unspecified atom stereocenters. The second-order valence-electron chi connectivity index (χ2n) is 5.45. The van der Waals surface area contributed by atoms with Crippen molar-refractivity contribution in [2.24, 2.45) is 11.7 Å². The van der Waals surface area contributed by atoms with Crippen LogP contribution in [0.2, 0.25) is 0 Å². The van der Waals surface area contributed by atoms with Gasteiger partial charge in [0.25, 0.3) is 0 Å². The van der Waals surface area contributed by atoms with Gasteiger partial charge in [-0.05, 0) is 37.3 Å². The second-order valence-corrected chi connectivity index (χ2v) is 5.45. The van der Waals surface area contributed by atoms with Crippen molar-refractivity contribution < 1.29 is 9.47 Å². The monoisotopic (exact) mass is 247 g/mol. The highest BCUT2D eigenvalue weighted by Gasteiger charge is 2.43. The lowest BCUT2D eigenvalue weighted by Crippen LogP contribution is -2.38. The number of hydrogen-bond donors (Lipinski definition) is 1. The Hall–Kier alpha value is -1.06. The molecule has 1 aromatic rings. The van der Waals surface area contributed by atoms with Gasteiger partial charge in [-0.15, -0.1) is 0 Å². The summed E-state index contributed by atoms with van der Waals surface area (Å²) in [5.74, 6) is 1.46. The minimum Gasteiger partial charge on any atom is -0.496 e. The average molecular weight is 247 g/mol. The molecule has 1 aromatic carbocycles. The summed E-state index contributed by atoms with van der Waals surface area (Å²) in [6.45, 7) is 0. The Bertz CT molecular complexity index is 421. The van der Waals surface area contributed by atoms with Crippen molar-refractivity contribution in [3.05, 3.63) is 29.8 Å². The second kappa shape index (κ2) is 4.90. The van der Waals surface area contributed by atoms with Gasteiger partial charge >= 0.3 is 0 Å². The summed E-state index contributed by atoms with van der Waals surface area (Å²) < 4.78 is 11.3. The van der Waals surface area contributed by atoms with E-state index in [4.69, 9.17) is 15.2 Å². The number of methoxy groups -OCH3 is 1. The van der Waals surface area contributed by atoms with Gasteiger partial charge in [0.1, 0.15) is 5.75 Å². The molecule has 0 radical (unpaired) electrons. The maximum Gasteiger partial charge on any atom is 0.122 e. The number of fused-ring (bicyclic) bond motifs is 2. The van der Waals surface area contributed by atoms with Crippen LogP contribution >= 0.6 is 0 Å². The number of para-hydroxylation sites is 1. The molecule has 3 rings (SSSR count). The molecule has 2 bridgehead atoms. The Kier molecular flexibility index (Phi) is 3.27. The summed E-state index contributed by atoms with van der Waals surface area (Å²) in [7, 11) is 1.71. The Balaban J connectivity index is 1.69. The van der Waals surface area contributed by atoms with E-state index in [1.165, 1.54) is 18.4 Å². The van der Waals surface area contributed by atoms with Gasteiger partial charge in [0.05, 0.1) is 19.3 Å². The van der Waals surface area contributed by atoms with E-state index < -0.39 is 0 Å². The summed E-state index contributed by atoms with van der Waals surface area (Å²) in [4.78, 5) is 0. The van der Waals surface area contributed by atoms with Crippen molar-refractivity contribution in [2.45, 2.75) is 43.9 Å². The molecule has 2 aliphatic heterocycles. The van der Waals surface area contributed by atoms with E-state index in [0.717, 1.165) is 18.6 Å². The van der Waals surface area contributed by atoms with Crippen LogP contribution in [0.3, 0.4) is 0 Å². The molecule has 2 fully saturated rings. The molecule has 0 spiro atoms. The normalized spacial score (nSPS) is 31.6. The third-order valence-corrected chi connectivity index (χ3v) is 4.35. The Morgan fingerprint density at radius 3 is 2.89 bits per heavy atom. The predicted molar refractivity (Wildman–Crippen MR) is 70.7 cm³/mol. The first kappa shape index (κ1) is 12.0. The smallest absolute Gasteiger partial charge is 0.122 e. The maximum atomic E-state index is 6.39. The molecule has 4 atom stereocenters. The van der Waals surface area contributed by atoms with Crippen molar-refractivity contribution in [2.75, 3.05) is 7.11 Å². The number of rotatable bonds is 4. The van der Waals surface area contributed by atoms with Crippen LogP contribution in [0.15, 0.2) is 24.3 Å². The molecule has 2 N–H and O–H groups in total. The van der Waals surface area contributed by atoms with Crippen LogP contribution in [-0.2, 0) is 11.2 Å². The standard InChI is InChI=1S/C15H21NO2/c1-17-14-5-3-2-4-10(14)8-13(16)12-9-11-6-7-15(12)18-11/h2-5,11-13,15H,6-9,16H2,1H3. The first-order chi connectivity index (χ1) is 8.78. The molecule has 0 saturated carbocycles. The number of hydrogen-bond acceptors (Lipinski definition) is 3. The molecule has 0 aliphatic carbocycles. The van der Waals surface area contributed by atoms with Crippen LogP contribution < -0.4 is 10.5 Å². The number of nitrogens with two attached hydrogens (primary N) is 1. The van der Waals surface area contributed by atoms with Crippen LogP contribution in [-0.4, -0.2) is 25.4 Å². The van der Waals surface area contributed by atoms with E-state index in [0.29, 0.717) is 18.1 Å². The van der Waals surface area contributed by atoms with E-state index in [9.17, 15) is 0 Å². The molecule has 3 nitrogen and oxygen atoms in total. The van der Waals surface area contributed by atoms with Crippen molar-refractivity contribution in [1.29, 1.82) is 0 Å². The van der Waals surface area contributed by atoms with Crippen molar-refractivity contribution in [1.82, 2.24) is 0 Å². The Morgan fingerprint density at radius 1 is 1.39 bits per heavy atom. The molecule has 2 aliphatic rings. The lowest BCUT2D eigenvalue weighted by atomic mass is 9.82. The summed E-state index contributed by atoms with van der Waals surface area (Å²) in [6.07, 6.45) is 5.31. The summed E-state index contributed by atoms with van der Waals surface area (Å²) in [5.41, 5.74) is 7.59. The van der Waals surface area contributed by atoms with Crippen LogP contribution in [0, 0.1) is 5.92 Å². The fourth-order valence-corrected chi connectivity index (χ4v) is 3.40. The summed E-state index contributed by atoms with van der Waals surface area (Å²) in [5, 5.41) is 0. The highest BCUT2D eigenvalue weighted by Crippen LogP contribution is 2.40. The molecular formula is C15H21NO2. The first-order valence-corrected chi connectivity index (χ1v) is 6.81. The molecule has 3 heteroatoms. The van der Waals surface area contributed by atoms with E-state index in [1.807, 2.05) is 18.2 Å². The van der Waals surface area contributed by atoms with E-state index in [2.05, 4.69) is 6.07 Å². The van der Waals surface area contributed by atoms with Gasteiger partial charge in [0.15, 0.2) is 0 Å². The third-order valence-electron chi connectivity index (χ3n) is 4.35. The Morgan fingerprint density at radius 2 is 2.22 bits per heavy atom. The van der Waals surface area contributed by atoms with E-state index in [1.54, 1.807) is 7.11 Å². The van der Waals surface area contributed by atoms with Gasteiger partial charge < -0.3 is 15.2 Å². The zero-order valence-corrected chi connectivity index (χ0v) is 10.8. The van der Waals surface area contributed by atoms with Crippen molar-refractivity contribution in [3.8, 4) is 5.75 Å². The van der Waals surface area contributed by atoms with Gasteiger partial charge in [-0.3, -0.25) is 0 Å². The first-order valence-electron chi connectivity index (χ1n) is 6.81.